The lowest BCUT2D eigenvalue weighted by Gasteiger charge is -2.33. The summed E-state index contributed by atoms with van der Waals surface area (Å²) < 4.78 is -0.761. The molecule has 0 saturated heterocycles. The Morgan fingerprint density at radius 2 is 1.16 bits per heavy atom. The highest BCUT2D eigenvalue weighted by Gasteiger charge is 2.47. The van der Waals surface area contributed by atoms with E-state index in [1.54, 1.807) is 13.8 Å². The molecule has 2 aromatic carbocycles. The van der Waals surface area contributed by atoms with E-state index in [4.69, 9.17) is 0 Å². The van der Waals surface area contributed by atoms with Gasteiger partial charge in [-0.15, -0.1) is 23.5 Å². The van der Waals surface area contributed by atoms with Crippen LogP contribution in [0.1, 0.15) is 25.0 Å². The fourth-order valence-corrected chi connectivity index (χ4v) is 6.54. The maximum Gasteiger partial charge on any atom is 0.316 e. The molecule has 130 valence electrons. The van der Waals surface area contributed by atoms with Crippen molar-refractivity contribution in [3.63, 3.8) is 0 Å². The lowest BCUT2D eigenvalue weighted by Crippen LogP contribution is -2.28. The number of carbonyl (C=O) groups is 2. The maximum atomic E-state index is 11.5. The number of fused-ring (bicyclic) bond motifs is 3. The minimum Gasteiger partial charge on any atom is -0.480 e. The molecule has 2 atom stereocenters. The van der Waals surface area contributed by atoms with Gasteiger partial charge in [-0.3, -0.25) is 9.59 Å². The Bertz CT molecular complexity index is 764. The second-order valence-corrected chi connectivity index (χ2v) is 9.27. The molecule has 2 unspecified atom stereocenters. The lowest BCUT2D eigenvalue weighted by atomic mass is 10.1. The van der Waals surface area contributed by atoms with E-state index >= 15 is 0 Å². The van der Waals surface area contributed by atoms with Crippen molar-refractivity contribution in [2.75, 3.05) is 0 Å². The van der Waals surface area contributed by atoms with Crippen LogP contribution < -0.4 is 0 Å². The molecule has 0 fully saturated rings. The molecule has 6 heteroatoms. The van der Waals surface area contributed by atoms with Crippen LogP contribution in [0.15, 0.2) is 48.5 Å². The van der Waals surface area contributed by atoms with Gasteiger partial charge in [0.1, 0.15) is 14.6 Å². The zero-order valence-corrected chi connectivity index (χ0v) is 15.4. The molecule has 0 aliphatic heterocycles. The third-order valence-electron chi connectivity index (χ3n) is 4.23. The van der Waals surface area contributed by atoms with Crippen LogP contribution in [0.2, 0.25) is 0 Å². The Balaban J connectivity index is 2.22. The van der Waals surface area contributed by atoms with Crippen LogP contribution in [0, 0.1) is 0 Å². The summed E-state index contributed by atoms with van der Waals surface area (Å²) >= 11 is 2.59. The van der Waals surface area contributed by atoms with Gasteiger partial charge in [0.2, 0.25) is 0 Å². The number of carboxylic acid groups (broad SMARTS) is 2. The summed E-state index contributed by atoms with van der Waals surface area (Å²) in [6.45, 7) is 3.29. The predicted molar refractivity (Wildman–Crippen MR) is 102 cm³/mol. The molecule has 4 nitrogen and oxygen atoms in total. The summed E-state index contributed by atoms with van der Waals surface area (Å²) in [5.74, 6) is -1.82. The van der Waals surface area contributed by atoms with Crippen molar-refractivity contribution in [3.05, 3.63) is 59.7 Å². The molecule has 1 aliphatic carbocycles. The summed E-state index contributed by atoms with van der Waals surface area (Å²) in [6.07, 6.45) is 0. The van der Waals surface area contributed by atoms with Crippen LogP contribution in [-0.2, 0) is 13.7 Å². The van der Waals surface area contributed by atoms with Gasteiger partial charge in [-0.25, -0.2) is 0 Å². The summed E-state index contributed by atoms with van der Waals surface area (Å²) in [7, 11) is 0. The van der Waals surface area contributed by atoms with Gasteiger partial charge < -0.3 is 10.2 Å². The molecule has 0 radical (unpaired) electrons. The zero-order chi connectivity index (χ0) is 18.2. The van der Waals surface area contributed by atoms with E-state index in [1.165, 1.54) is 23.5 Å². The van der Waals surface area contributed by atoms with Crippen LogP contribution in [0.4, 0.5) is 0 Å². The maximum absolute atomic E-state index is 11.5. The van der Waals surface area contributed by atoms with E-state index in [1.807, 2.05) is 48.5 Å². The molecule has 2 N–H and O–H groups in total. The van der Waals surface area contributed by atoms with Crippen molar-refractivity contribution >= 4 is 35.5 Å². The standard InChI is InChI=1S/C19H18O4S2/c1-11(17(20)21)24-19(25-12(2)18(22)23)15-9-5-3-7-13(15)14-8-4-6-10-16(14)19/h3-12H,1-2H3,(H,20,21)(H,22,23). The van der Waals surface area contributed by atoms with Crippen LogP contribution >= 0.6 is 23.5 Å². The second-order valence-electron chi connectivity index (χ2n) is 5.90. The van der Waals surface area contributed by atoms with E-state index in [9.17, 15) is 19.8 Å². The first-order chi connectivity index (χ1) is 11.9. The third kappa shape index (κ3) is 3.04. The minimum absolute atomic E-state index is 0.673. The molecular weight excluding hydrogens is 356 g/mol. The van der Waals surface area contributed by atoms with E-state index < -0.39 is 26.5 Å². The summed E-state index contributed by atoms with van der Waals surface area (Å²) in [6, 6.07) is 15.7. The Morgan fingerprint density at radius 1 is 0.800 bits per heavy atom. The summed E-state index contributed by atoms with van der Waals surface area (Å²) in [4.78, 5) is 23.1. The number of hydrogen-bond acceptors (Lipinski definition) is 4. The Labute approximate surface area is 154 Å². The van der Waals surface area contributed by atoms with Gasteiger partial charge in [-0.1, -0.05) is 48.5 Å². The number of aliphatic carboxylic acids is 2. The number of rotatable bonds is 6. The van der Waals surface area contributed by atoms with Crippen LogP contribution in [0.5, 0.6) is 0 Å². The van der Waals surface area contributed by atoms with E-state index in [2.05, 4.69) is 0 Å². The highest BCUT2D eigenvalue weighted by molar-refractivity contribution is 8.19. The minimum atomic E-state index is -0.908. The monoisotopic (exact) mass is 374 g/mol. The molecule has 2 aromatic rings. The first-order valence-corrected chi connectivity index (χ1v) is 9.63. The van der Waals surface area contributed by atoms with E-state index in [0.717, 1.165) is 22.3 Å². The van der Waals surface area contributed by atoms with Crippen LogP contribution in [0.25, 0.3) is 11.1 Å². The quantitative estimate of drug-likeness (QED) is 0.735. The topological polar surface area (TPSA) is 74.6 Å². The fourth-order valence-electron chi connectivity index (χ4n) is 3.04. The molecule has 0 aromatic heterocycles. The molecule has 1 aliphatic rings. The van der Waals surface area contributed by atoms with Crippen molar-refractivity contribution < 1.29 is 19.8 Å². The Hall–Kier alpha value is -1.92. The smallest absolute Gasteiger partial charge is 0.316 e. The molecule has 25 heavy (non-hydrogen) atoms. The van der Waals surface area contributed by atoms with Crippen molar-refractivity contribution in [2.24, 2.45) is 0 Å². The molecule has 0 amide bonds. The molecule has 3 rings (SSSR count). The first-order valence-electron chi connectivity index (χ1n) is 7.87. The van der Waals surface area contributed by atoms with Gasteiger partial charge >= 0.3 is 11.9 Å². The van der Waals surface area contributed by atoms with Crippen molar-refractivity contribution in [2.45, 2.75) is 28.4 Å². The highest BCUT2D eigenvalue weighted by Crippen LogP contribution is 2.62. The van der Waals surface area contributed by atoms with Crippen molar-refractivity contribution in [3.8, 4) is 11.1 Å². The number of benzene rings is 2. The average Bonchev–Trinajstić information content (AvgIpc) is 2.86. The number of thioether (sulfide) groups is 2. The third-order valence-corrected chi connectivity index (χ3v) is 7.47. The van der Waals surface area contributed by atoms with Gasteiger partial charge in [0.05, 0.1) is 0 Å². The highest BCUT2D eigenvalue weighted by atomic mass is 32.2. The Kier molecular flexibility index (Phi) is 4.84. The largest absolute Gasteiger partial charge is 0.480 e. The zero-order valence-electron chi connectivity index (χ0n) is 13.8. The first kappa shape index (κ1) is 17.9. The van der Waals surface area contributed by atoms with Gasteiger partial charge in [0.25, 0.3) is 0 Å². The molecule has 0 saturated carbocycles. The van der Waals surface area contributed by atoms with E-state index in [0.29, 0.717) is 0 Å². The lowest BCUT2D eigenvalue weighted by molar-refractivity contribution is -0.137. The van der Waals surface area contributed by atoms with Crippen LogP contribution in [-0.4, -0.2) is 32.7 Å². The molecule has 0 heterocycles. The predicted octanol–water partition coefficient (Wildman–Crippen LogP) is 4.28. The summed E-state index contributed by atoms with van der Waals surface area (Å²) in [5, 5.41) is 17.6. The second kappa shape index (κ2) is 6.77. The van der Waals surface area contributed by atoms with Gasteiger partial charge in [-0.05, 0) is 36.1 Å². The fraction of sp³-hybridized carbons (Fsp3) is 0.263. The SMILES string of the molecule is CC(SC1(SC(C)C(=O)O)c2ccccc2-c2ccccc21)C(=O)O. The van der Waals surface area contributed by atoms with Crippen LogP contribution in [0.3, 0.4) is 0 Å². The van der Waals surface area contributed by atoms with Crippen molar-refractivity contribution in [1.82, 2.24) is 0 Å². The number of carboxylic acids is 2. The van der Waals surface area contributed by atoms with Gasteiger partial charge in [-0.2, -0.15) is 0 Å². The van der Waals surface area contributed by atoms with Gasteiger partial charge in [0, 0.05) is 0 Å². The van der Waals surface area contributed by atoms with Gasteiger partial charge in [0.15, 0.2) is 0 Å². The molecular formula is C19H18O4S2. The normalized spacial score (nSPS) is 16.6. The molecule has 0 spiro atoms. The Morgan fingerprint density at radius 3 is 1.52 bits per heavy atom. The average molecular weight is 374 g/mol. The van der Waals surface area contributed by atoms with Crippen molar-refractivity contribution in [1.29, 1.82) is 0 Å². The van der Waals surface area contributed by atoms with E-state index in [-0.39, 0.29) is 0 Å². The molecule has 0 bridgehead atoms. The number of hydrogen-bond donors (Lipinski definition) is 2. The summed E-state index contributed by atoms with van der Waals surface area (Å²) in [5.41, 5.74) is 4.00.